The maximum atomic E-state index is 13.8. The highest BCUT2D eigenvalue weighted by molar-refractivity contribution is 6.07. The zero-order valence-electron chi connectivity index (χ0n) is 15.9. The Kier molecular flexibility index (Phi) is 6.21. The molecule has 1 aliphatic heterocycles. The van der Waals surface area contributed by atoms with Crippen LogP contribution in [0.5, 0.6) is 0 Å². The largest absolute Gasteiger partial charge is 0.377 e. The van der Waals surface area contributed by atoms with E-state index in [-0.39, 0.29) is 23.7 Å². The molecule has 28 heavy (non-hydrogen) atoms. The molecule has 5 nitrogen and oxygen atoms in total. The van der Waals surface area contributed by atoms with Crippen molar-refractivity contribution < 1.29 is 18.7 Å². The van der Waals surface area contributed by atoms with Crippen LogP contribution in [-0.2, 0) is 9.53 Å². The molecule has 1 aliphatic rings. The van der Waals surface area contributed by atoms with E-state index in [1.165, 1.54) is 12.1 Å². The van der Waals surface area contributed by atoms with E-state index in [9.17, 15) is 14.0 Å². The van der Waals surface area contributed by atoms with Gasteiger partial charge < -0.3 is 15.0 Å². The van der Waals surface area contributed by atoms with E-state index in [1.54, 1.807) is 54.3 Å². The van der Waals surface area contributed by atoms with Crippen molar-refractivity contribution >= 4 is 23.6 Å². The van der Waals surface area contributed by atoms with Crippen molar-refractivity contribution in [3.05, 3.63) is 71.0 Å². The number of benzene rings is 2. The normalized spacial score (nSPS) is 17.3. The van der Waals surface area contributed by atoms with Gasteiger partial charge in [0.15, 0.2) is 0 Å². The Bertz CT molecular complexity index is 910. The summed E-state index contributed by atoms with van der Waals surface area (Å²) in [4.78, 5) is 27.0. The Morgan fingerprint density at radius 2 is 2.00 bits per heavy atom. The van der Waals surface area contributed by atoms with Crippen LogP contribution in [0.25, 0.3) is 6.08 Å². The highest BCUT2D eigenvalue weighted by Crippen LogP contribution is 2.18. The van der Waals surface area contributed by atoms with E-state index in [0.717, 1.165) is 0 Å². The smallest absolute Gasteiger partial charge is 0.254 e. The maximum Gasteiger partial charge on any atom is 0.254 e. The number of carbonyl (C=O) groups is 2. The summed E-state index contributed by atoms with van der Waals surface area (Å²) in [5, 5.41) is 2.77. The molecular weight excluding hydrogens is 359 g/mol. The number of nitrogens with zero attached hydrogens (tertiary/aromatic N) is 1. The van der Waals surface area contributed by atoms with Crippen LogP contribution >= 0.6 is 0 Å². The fourth-order valence-corrected chi connectivity index (χ4v) is 3.05. The van der Waals surface area contributed by atoms with Crippen LogP contribution in [0.4, 0.5) is 10.1 Å². The quantitative estimate of drug-likeness (QED) is 0.820. The molecule has 0 aromatic heterocycles. The minimum Gasteiger partial charge on any atom is -0.377 e. The van der Waals surface area contributed by atoms with Crippen molar-refractivity contribution in [2.24, 2.45) is 0 Å². The number of anilines is 1. The summed E-state index contributed by atoms with van der Waals surface area (Å²) in [6.45, 7) is 5.14. The maximum absolute atomic E-state index is 13.8. The molecule has 3 rings (SSSR count). The number of ether oxygens (including phenoxy) is 1. The van der Waals surface area contributed by atoms with Crippen LogP contribution in [-0.4, -0.2) is 42.5 Å². The van der Waals surface area contributed by atoms with E-state index in [0.29, 0.717) is 42.1 Å². The Labute approximate surface area is 163 Å². The molecule has 1 fully saturated rings. The third-order valence-corrected chi connectivity index (χ3v) is 4.63. The molecule has 2 aromatic carbocycles. The molecule has 0 aliphatic carbocycles. The van der Waals surface area contributed by atoms with Gasteiger partial charge in [-0.3, -0.25) is 9.59 Å². The van der Waals surface area contributed by atoms with Crippen LogP contribution in [0, 0.1) is 5.82 Å². The van der Waals surface area contributed by atoms with Gasteiger partial charge in [-0.2, -0.15) is 0 Å². The molecule has 146 valence electrons. The van der Waals surface area contributed by atoms with Crippen LogP contribution in [0.15, 0.2) is 54.1 Å². The van der Waals surface area contributed by atoms with Crippen molar-refractivity contribution in [3.8, 4) is 0 Å². The van der Waals surface area contributed by atoms with Gasteiger partial charge in [-0.15, -0.1) is 0 Å². The minimum atomic E-state index is -0.387. The lowest BCUT2D eigenvalue weighted by atomic mass is 10.1. The Balaban J connectivity index is 1.72. The first-order valence-corrected chi connectivity index (χ1v) is 9.18. The van der Waals surface area contributed by atoms with Gasteiger partial charge in [0.2, 0.25) is 0 Å². The molecule has 6 heteroatoms. The first-order chi connectivity index (χ1) is 13.5. The van der Waals surface area contributed by atoms with Crippen LogP contribution in [0.3, 0.4) is 0 Å². The molecule has 0 spiro atoms. The number of hydrogen-bond acceptors (Lipinski definition) is 3. The zero-order chi connectivity index (χ0) is 20.1. The predicted molar refractivity (Wildman–Crippen MR) is 106 cm³/mol. The molecule has 1 saturated heterocycles. The van der Waals surface area contributed by atoms with E-state index < -0.39 is 0 Å². The summed E-state index contributed by atoms with van der Waals surface area (Å²) >= 11 is 0. The van der Waals surface area contributed by atoms with Crippen LogP contribution < -0.4 is 5.32 Å². The van der Waals surface area contributed by atoms with Gasteiger partial charge in [0.05, 0.1) is 19.3 Å². The lowest BCUT2D eigenvalue weighted by Gasteiger charge is -2.33. The summed E-state index contributed by atoms with van der Waals surface area (Å²) in [5.74, 6) is -0.833. The fourth-order valence-electron chi connectivity index (χ4n) is 3.05. The second-order valence-electron chi connectivity index (χ2n) is 6.81. The number of morpholine rings is 1. The zero-order valence-corrected chi connectivity index (χ0v) is 15.9. The molecule has 2 aromatic rings. The van der Waals surface area contributed by atoms with E-state index in [2.05, 4.69) is 5.32 Å². The van der Waals surface area contributed by atoms with Gasteiger partial charge in [0.25, 0.3) is 11.8 Å². The van der Waals surface area contributed by atoms with Crippen molar-refractivity contribution in [2.45, 2.75) is 19.9 Å². The number of nitrogens with one attached hydrogen (secondary N) is 1. The molecule has 1 N–H and O–H groups in total. The molecule has 2 amide bonds. The van der Waals surface area contributed by atoms with Gasteiger partial charge in [-0.05, 0) is 44.2 Å². The van der Waals surface area contributed by atoms with Crippen molar-refractivity contribution in [3.63, 3.8) is 0 Å². The standard InChI is InChI=1S/C22H23FN2O3/c1-15(12-17-6-3-4-9-20(17)23)21(26)24-19-8-5-7-18(13-19)22(27)25-10-11-28-14-16(25)2/h3-9,12-13,16H,10-11,14H2,1-2H3,(H,24,26)/b15-12+. The Hall–Kier alpha value is -2.99. The second-order valence-corrected chi connectivity index (χ2v) is 6.81. The molecule has 1 atom stereocenters. The molecule has 0 saturated carbocycles. The third kappa shape index (κ3) is 4.64. The second kappa shape index (κ2) is 8.80. The monoisotopic (exact) mass is 382 g/mol. The van der Waals surface area contributed by atoms with Gasteiger partial charge in [-0.25, -0.2) is 4.39 Å². The molecular formula is C22H23FN2O3. The van der Waals surface area contributed by atoms with Crippen LogP contribution in [0.2, 0.25) is 0 Å². The lowest BCUT2D eigenvalue weighted by Crippen LogP contribution is -2.47. The molecule has 1 unspecified atom stereocenters. The number of halogens is 1. The van der Waals surface area contributed by atoms with Crippen LogP contribution in [0.1, 0.15) is 29.8 Å². The Morgan fingerprint density at radius 1 is 1.21 bits per heavy atom. The van der Waals surface area contributed by atoms with Crippen molar-refractivity contribution in [1.29, 1.82) is 0 Å². The van der Waals surface area contributed by atoms with E-state index in [1.807, 2.05) is 6.92 Å². The topological polar surface area (TPSA) is 58.6 Å². The number of amides is 2. The SMILES string of the molecule is C/C(=C\c1ccccc1F)C(=O)Nc1cccc(C(=O)N2CCOCC2C)c1. The third-order valence-electron chi connectivity index (χ3n) is 4.63. The lowest BCUT2D eigenvalue weighted by molar-refractivity contribution is -0.112. The van der Waals surface area contributed by atoms with E-state index >= 15 is 0 Å². The minimum absolute atomic E-state index is 0.00504. The van der Waals surface area contributed by atoms with Crippen molar-refractivity contribution in [2.75, 3.05) is 25.1 Å². The summed E-state index contributed by atoms with van der Waals surface area (Å²) < 4.78 is 19.1. The highest BCUT2D eigenvalue weighted by atomic mass is 19.1. The molecule has 0 bridgehead atoms. The average molecular weight is 382 g/mol. The fraction of sp³-hybridized carbons (Fsp3) is 0.273. The summed E-state index contributed by atoms with van der Waals surface area (Å²) in [5.41, 5.74) is 1.73. The number of carbonyl (C=O) groups excluding carboxylic acids is 2. The molecule has 1 heterocycles. The van der Waals surface area contributed by atoms with Gasteiger partial charge in [0.1, 0.15) is 5.82 Å². The summed E-state index contributed by atoms with van der Waals surface area (Å²) in [6, 6.07) is 13.1. The average Bonchev–Trinajstić information content (AvgIpc) is 2.69. The number of hydrogen-bond donors (Lipinski definition) is 1. The first kappa shape index (κ1) is 19.8. The summed E-state index contributed by atoms with van der Waals surface area (Å²) in [7, 11) is 0. The first-order valence-electron chi connectivity index (χ1n) is 9.18. The highest BCUT2D eigenvalue weighted by Gasteiger charge is 2.24. The van der Waals surface area contributed by atoms with E-state index in [4.69, 9.17) is 4.74 Å². The van der Waals surface area contributed by atoms with Gasteiger partial charge in [0, 0.05) is 28.9 Å². The predicted octanol–water partition coefficient (Wildman–Crippen LogP) is 3.73. The summed E-state index contributed by atoms with van der Waals surface area (Å²) in [6.07, 6.45) is 1.50. The van der Waals surface area contributed by atoms with Gasteiger partial charge >= 0.3 is 0 Å². The Morgan fingerprint density at radius 3 is 2.75 bits per heavy atom. The van der Waals surface area contributed by atoms with Crippen molar-refractivity contribution in [1.82, 2.24) is 4.90 Å². The number of rotatable bonds is 4. The molecule has 0 radical (unpaired) electrons. The van der Waals surface area contributed by atoms with Gasteiger partial charge in [-0.1, -0.05) is 24.3 Å².